The monoisotopic (exact) mass is 289 g/mol. The molecule has 110 valence electrons. The molecular weight excluding hydrogens is 274 g/mol. The fourth-order valence-electron chi connectivity index (χ4n) is 1.81. The van der Waals surface area contributed by atoms with Gasteiger partial charge in [-0.15, -0.1) is 0 Å². The van der Waals surface area contributed by atoms with Crippen molar-refractivity contribution in [1.82, 2.24) is 9.97 Å². The van der Waals surface area contributed by atoms with Crippen molar-refractivity contribution in [2.75, 3.05) is 18.2 Å². The summed E-state index contributed by atoms with van der Waals surface area (Å²) in [6.07, 6.45) is 1.09. The quantitative estimate of drug-likeness (QED) is 0.639. The number of nitrogens with zero attached hydrogens (tertiary/aromatic N) is 3. The lowest BCUT2D eigenvalue weighted by molar-refractivity contribution is -0.384. The van der Waals surface area contributed by atoms with Gasteiger partial charge in [-0.2, -0.15) is 4.98 Å². The van der Waals surface area contributed by atoms with E-state index >= 15 is 0 Å². The first-order valence-electron chi connectivity index (χ1n) is 6.18. The van der Waals surface area contributed by atoms with Gasteiger partial charge in [0, 0.05) is 0 Å². The molecular formula is C13H15N5O3. The Morgan fingerprint density at radius 1 is 1.38 bits per heavy atom. The average molecular weight is 289 g/mol. The van der Waals surface area contributed by atoms with Gasteiger partial charge in [0.05, 0.1) is 18.1 Å². The van der Waals surface area contributed by atoms with Crippen LogP contribution in [0.3, 0.4) is 0 Å². The van der Waals surface area contributed by atoms with E-state index in [1.807, 2.05) is 31.2 Å². The molecule has 0 aliphatic rings. The molecule has 1 aromatic carbocycles. The molecule has 0 fully saturated rings. The number of anilines is 2. The fourth-order valence-corrected chi connectivity index (χ4v) is 1.81. The third-order valence-corrected chi connectivity index (χ3v) is 2.95. The molecule has 0 aliphatic heterocycles. The van der Waals surface area contributed by atoms with Gasteiger partial charge in [-0.25, -0.2) is 4.98 Å². The number of benzene rings is 1. The maximum atomic E-state index is 11.0. The van der Waals surface area contributed by atoms with Gasteiger partial charge in [-0.05, 0) is 24.6 Å². The number of nitrogens with two attached hydrogens (primary N) is 1. The van der Waals surface area contributed by atoms with Crippen LogP contribution in [-0.4, -0.2) is 22.0 Å². The van der Waals surface area contributed by atoms with Crippen molar-refractivity contribution in [1.29, 1.82) is 0 Å². The molecule has 1 unspecified atom stereocenters. The van der Waals surface area contributed by atoms with E-state index in [1.54, 1.807) is 7.11 Å². The van der Waals surface area contributed by atoms with Gasteiger partial charge in [0.25, 0.3) is 0 Å². The van der Waals surface area contributed by atoms with Crippen LogP contribution in [0.15, 0.2) is 30.5 Å². The smallest absolute Gasteiger partial charge is 0.329 e. The van der Waals surface area contributed by atoms with Gasteiger partial charge in [-0.1, -0.05) is 12.1 Å². The van der Waals surface area contributed by atoms with Gasteiger partial charge in [-0.3, -0.25) is 10.1 Å². The topological polar surface area (TPSA) is 116 Å². The SMILES string of the molecule is COc1ccc(C(C)Nc2nc(N)ncc2[N+](=O)[O-])cc1. The standard InChI is InChI=1S/C13H15N5O3/c1-8(9-3-5-10(21-2)6-4-9)16-12-11(18(19)20)7-15-13(14)17-12/h3-8H,1-2H3,(H3,14,15,16,17). The molecule has 0 aliphatic carbocycles. The van der Waals surface area contributed by atoms with Crippen LogP contribution < -0.4 is 15.8 Å². The number of hydrogen-bond donors (Lipinski definition) is 2. The summed E-state index contributed by atoms with van der Waals surface area (Å²) in [6.45, 7) is 1.86. The first-order valence-corrected chi connectivity index (χ1v) is 6.18. The van der Waals surface area contributed by atoms with Crippen molar-refractivity contribution in [3.8, 4) is 5.75 Å². The summed E-state index contributed by atoms with van der Waals surface area (Å²) < 4.78 is 5.09. The second-order valence-electron chi connectivity index (χ2n) is 4.36. The molecule has 0 spiro atoms. The third-order valence-electron chi connectivity index (χ3n) is 2.95. The predicted molar refractivity (Wildman–Crippen MR) is 78.1 cm³/mol. The molecule has 1 atom stereocenters. The normalized spacial score (nSPS) is 11.7. The van der Waals surface area contributed by atoms with E-state index in [9.17, 15) is 10.1 Å². The number of nitrogens with one attached hydrogen (secondary N) is 1. The maximum Gasteiger partial charge on any atom is 0.329 e. The number of ether oxygens (including phenoxy) is 1. The van der Waals surface area contributed by atoms with Crippen molar-refractivity contribution < 1.29 is 9.66 Å². The molecule has 3 N–H and O–H groups in total. The minimum absolute atomic E-state index is 0.0231. The molecule has 21 heavy (non-hydrogen) atoms. The lowest BCUT2D eigenvalue weighted by Crippen LogP contribution is -2.11. The van der Waals surface area contributed by atoms with Gasteiger partial charge >= 0.3 is 5.69 Å². The molecule has 8 heteroatoms. The number of nitrogen functional groups attached to an aromatic ring is 1. The third kappa shape index (κ3) is 3.35. The summed E-state index contributed by atoms with van der Waals surface area (Å²) in [7, 11) is 1.59. The van der Waals surface area contributed by atoms with E-state index < -0.39 is 4.92 Å². The van der Waals surface area contributed by atoms with Crippen molar-refractivity contribution in [3.63, 3.8) is 0 Å². The van der Waals surface area contributed by atoms with Crippen molar-refractivity contribution in [2.24, 2.45) is 0 Å². The minimum Gasteiger partial charge on any atom is -0.497 e. The van der Waals surface area contributed by atoms with E-state index in [4.69, 9.17) is 10.5 Å². The van der Waals surface area contributed by atoms with E-state index in [2.05, 4.69) is 15.3 Å². The molecule has 1 heterocycles. The Labute approximate surface area is 121 Å². The highest BCUT2D eigenvalue weighted by atomic mass is 16.6. The Morgan fingerprint density at radius 2 is 2.05 bits per heavy atom. The lowest BCUT2D eigenvalue weighted by atomic mass is 10.1. The summed E-state index contributed by atoms with van der Waals surface area (Å²) in [6, 6.07) is 7.18. The number of rotatable bonds is 5. The van der Waals surface area contributed by atoms with Crippen LogP contribution in [0.2, 0.25) is 0 Å². The highest BCUT2D eigenvalue weighted by Crippen LogP contribution is 2.26. The van der Waals surface area contributed by atoms with Gasteiger partial charge in [0.2, 0.25) is 11.8 Å². The van der Waals surface area contributed by atoms with Gasteiger partial charge in [0.1, 0.15) is 11.9 Å². The van der Waals surface area contributed by atoms with Crippen LogP contribution in [0.5, 0.6) is 5.75 Å². The van der Waals surface area contributed by atoms with Crippen LogP contribution in [0.25, 0.3) is 0 Å². The number of hydrogen-bond acceptors (Lipinski definition) is 7. The average Bonchev–Trinajstić information content (AvgIpc) is 2.47. The van der Waals surface area contributed by atoms with Crippen LogP contribution in [0.1, 0.15) is 18.5 Å². The summed E-state index contributed by atoms with van der Waals surface area (Å²) in [4.78, 5) is 17.9. The van der Waals surface area contributed by atoms with Crippen LogP contribution in [0.4, 0.5) is 17.5 Å². The number of aromatic nitrogens is 2. The summed E-state index contributed by atoms with van der Waals surface area (Å²) in [5.74, 6) is 0.809. The zero-order valence-electron chi connectivity index (χ0n) is 11.6. The molecule has 0 saturated heterocycles. The Hall–Kier alpha value is -2.90. The highest BCUT2D eigenvalue weighted by molar-refractivity contribution is 5.57. The second kappa shape index (κ2) is 6.04. The van der Waals surface area contributed by atoms with Gasteiger partial charge < -0.3 is 15.8 Å². The fraction of sp³-hybridized carbons (Fsp3) is 0.231. The molecule has 1 aromatic heterocycles. The summed E-state index contributed by atoms with van der Waals surface area (Å²) in [5, 5.41) is 13.9. The Bertz CT molecular complexity index is 645. The molecule has 0 amide bonds. The Balaban J connectivity index is 2.24. The lowest BCUT2D eigenvalue weighted by Gasteiger charge is -2.15. The zero-order chi connectivity index (χ0) is 15.4. The Morgan fingerprint density at radius 3 is 2.62 bits per heavy atom. The first-order chi connectivity index (χ1) is 10.0. The van der Waals surface area contributed by atoms with E-state index in [1.165, 1.54) is 0 Å². The molecule has 8 nitrogen and oxygen atoms in total. The second-order valence-corrected chi connectivity index (χ2v) is 4.36. The molecule has 0 bridgehead atoms. The largest absolute Gasteiger partial charge is 0.497 e. The predicted octanol–water partition coefficient (Wildman–Crippen LogP) is 2.15. The highest BCUT2D eigenvalue weighted by Gasteiger charge is 2.18. The zero-order valence-corrected chi connectivity index (χ0v) is 11.6. The molecule has 2 rings (SSSR count). The minimum atomic E-state index is -0.553. The summed E-state index contributed by atoms with van der Waals surface area (Å²) in [5.41, 5.74) is 6.19. The van der Waals surface area contributed by atoms with Crippen LogP contribution in [0, 0.1) is 10.1 Å². The van der Waals surface area contributed by atoms with Crippen molar-refractivity contribution in [3.05, 3.63) is 46.1 Å². The van der Waals surface area contributed by atoms with E-state index in [-0.39, 0.29) is 23.5 Å². The van der Waals surface area contributed by atoms with E-state index in [0.717, 1.165) is 17.5 Å². The maximum absolute atomic E-state index is 11.0. The molecule has 2 aromatic rings. The van der Waals surface area contributed by atoms with Gasteiger partial charge in [0.15, 0.2) is 0 Å². The number of nitro groups is 1. The Kier molecular flexibility index (Phi) is 4.17. The van der Waals surface area contributed by atoms with Crippen LogP contribution >= 0.6 is 0 Å². The summed E-state index contributed by atoms with van der Waals surface area (Å²) >= 11 is 0. The first kappa shape index (κ1) is 14.5. The molecule has 0 saturated carbocycles. The van der Waals surface area contributed by atoms with E-state index in [0.29, 0.717) is 0 Å². The number of methoxy groups -OCH3 is 1. The van der Waals surface area contributed by atoms with Crippen molar-refractivity contribution in [2.45, 2.75) is 13.0 Å². The van der Waals surface area contributed by atoms with Crippen molar-refractivity contribution >= 4 is 17.5 Å². The molecule has 0 radical (unpaired) electrons. The van der Waals surface area contributed by atoms with Crippen LogP contribution in [-0.2, 0) is 0 Å².